The molecule has 0 unspecified atom stereocenters. The zero-order valence-corrected chi connectivity index (χ0v) is 23.7. The molecule has 4 aromatic rings. The van der Waals surface area contributed by atoms with Gasteiger partial charge < -0.3 is 19.5 Å². The number of fused-ring (bicyclic) bond motifs is 3. The molecule has 0 radical (unpaired) electrons. The number of Topliss-reactive ketones (excluding diaryl/α,β-unsaturated/α-hetero) is 1. The molecular formula is C34H28ClNO5. The van der Waals surface area contributed by atoms with Crippen LogP contribution in [0.15, 0.2) is 95.7 Å². The van der Waals surface area contributed by atoms with E-state index < -0.39 is 11.9 Å². The smallest absolute Gasteiger partial charge is 0.336 e. The number of esters is 1. The van der Waals surface area contributed by atoms with Gasteiger partial charge in [-0.15, -0.1) is 0 Å². The van der Waals surface area contributed by atoms with Crippen LogP contribution in [0.1, 0.15) is 46.8 Å². The summed E-state index contributed by atoms with van der Waals surface area (Å²) < 4.78 is 17.5. The number of methoxy groups -OCH3 is 1. The van der Waals surface area contributed by atoms with Crippen LogP contribution >= 0.6 is 11.6 Å². The number of carbonyl (C=O) groups is 2. The number of ether oxygens (including phenoxy) is 3. The molecular weight excluding hydrogens is 538 g/mol. The first-order chi connectivity index (χ1) is 19.9. The summed E-state index contributed by atoms with van der Waals surface area (Å²) in [5, 5.41) is 5.83. The lowest BCUT2D eigenvalue weighted by Gasteiger charge is -2.29. The van der Waals surface area contributed by atoms with Crippen LogP contribution in [0.25, 0.3) is 16.5 Å². The lowest BCUT2D eigenvalue weighted by Crippen LogP contribution is -2.29. The highest BCUT2D eigenvalue weighted by molar-refractivity contribution is 6.32. The van der Waals surface area contributed by atoms with Gasteiger partial charge in [-0.05, 0) is 47.9 Å². The highest BCUT2D eigenvalue weighted by Gasteiger charge is 2.43. The fourth-order valence-electron chi connectivity index (χ4n) is 5.77. The maximum atomic E-state index is 13.7. The molecule has 0 aromatic heterocycles. The molecule has 2 aliphatic rings. The summed E-state index contributed by atoms with van der Waals surface area (Å²) in [5.41, 5.74) is 5.13. The van der Waals surface area contributed by atoms with Crippen molar-refractivity contribution < 1.29 is 23.8 Å². The van der Waals surface area contributed by atoms with Crippen LogP contribution in [0, 0.1) is 0 Å². The minimum Gasteiger partial charge on any atom is -0.490 e. The quantitative estimate of drug-likeness (QED) is 0.239. The third kappa shape index (κ3) is 4.54. The number of dihydropyridines is 1. The third-order valence-electron chi connectivity index (χ3n) is 7.57. The van der Waals surface area contributed by atoms with Gasteiger partial charge in [0.15, 0.2) is 17.3 Å². The molecule has 0 saturated heterocycles. The molecule has 1 N–H and O–H groups in total. The summed E-state index contributed by atoms with van der Waals surface area (Å²) >= 11 is 6.89. The lowest BCUT2D eigenvalue weighted by molar-refractivity contribution is -0.136. The maximum Gasteiger partial charge on any atom is 0.336 e. The van der Waals surface area contributed by atoms with E-state index in [1.807, 2.05) is 49.4 Å². The van der Waals surface area contributed by atoms with Crippen molar-refractivity contribution in [1.29, 1.82) is 0 Å². The average Bonchev–Trinajstić information content (AvgIpc) is 3.26. The van der Waals surface area contributed by atoms with E-state index in [1.165, 1.54) is 7.11 Å². The summed E-state index contributed by atoms with van der Waals surface area (Å²) in [6.07, 6.45) is 0. The number of hydrogen-bond acceptors (Lipinski definition) is 6. The third-order valence-corrected chi connectivity index (χ3v) is 7.85. The van der Waals surface area contributed by atoms with E-state index in [0.29, 0.717) is 56.8 Å². The van der Waals surface area contributed by atoms with E-state index >= 15 is 0 Å². The van der Waals surface area contributed by atoms with Crippen molar-refractivity contribution in [2.75, 3.05) is 13.7 Å². The van der Waals surface area contributed by atoms with Gasteiger partial charge in [-0.3, -0.25) is 4.79 Å². The predicted octanol–water partition coefficient (Wildman–Crippen LogP) is 7.21. The zero-order chi connectivity index (χ0) is 28.7. The second kappa shape index (κ2) is 10.8. The molecule has 41 heavy (non-hydrogen) atoms. The van der Waals surface area contributed by atoms with Gasteiger partial charge in [-0.25, -0.2) is 4.79 Å². The number of allylic oxidation sites excluding steroid dienone is 2. The number of benzene rings is 4. The first kappa shape index (κ1) is 26.7. The van der Waals surface area contributed by atoms with Crippen molar-refractivity contribution in [3.8, 4) is 11.5 Å². The Morgan fingerprint density at radius 1 is 0.951 bits per heavy atom. The summed E-state index contributed by atoms with van der Waals surface area (Å²) in [5.74, 6) is -0.564. The predicted molar refractivity (Wildman–Crippen MR) is 159 cm³/mol. The number of ketones is 1. The van der Waals surface area contributed by atoms with E-state index in [0.717, 1.165) is 21.9 Å². The van der Waals surface area contributed by atoms with E-state index in [9.17, 15) is 9.59 Å². The van der Waals surface area contributed by atoms with Gasteiger partial charge in [-0.2, -0.15) is 0 Å². The number of rotatable bonds is 7. The summed E-state index contributed by atoms with van der Waals surface area (Å²) in [4.78, 5) is 26.9. The van der Waals surface area contributed by atoms with Crippen LogP contribution in [0.4, 0.5) is 0 Å². The molecule has 0 fully saturated rings. The molecule has 4 aromatic carbocycles. The molecule has 0 amide bonds. The summed E-state index contributed by atoms with van der Waals surface area (Å²) in [7, 11) is 1.33. The van der Waals surface area contributed by atoms with Gasteiger partial charge in [0.25, 0.3) is 0 Å². The van der Waals surface area contributed by atoms with Crippen LogP contribution in [0.5, 0.6) is 11.5 Å². The fourth-order valence-corrected chi connectivity index (χ4v) is 6.04. The van der Waals surface area contributed by atoms with Gasteiger partial charge in [0.05, 0.1) is 30.0 Å². The zero-order valence-electron chi connectivity index (χ0n) is 22.9. The Bertz CT molecular complexity index is 1780. The van der Waals surface area contributed by atoms with E-state index in [2.05, 4.69) is 23.5 Å². The van der Waals surface area contributed by atoms with Crippen LogP contribution in [-0.2, 0) is 16.1 Å². The van der Waals surface area contributed by atoms with Gasteiger partial charge in [0.1, 0.15) is 6.61 Å². The first-order valence-electron chi connectivity index (χ1n) is 13.4. The number of halogens is 1. The Hall–Kier alpha value is -4.55. The van der Waals surface area contributed by atoms with Gasteiger partial charge in [0, 0.05) is 28.3 Å². The second-order valence-electron chi connectivity index (χ2n) is 9.94. The topological polar surface area (TPSA) is 73.9 Å². The minimum atomic E-state index is -0.720. The number of hydrogen-bond donors (Lipinski definition) is 1. The van der Waals surface area contributed by atoms with Crippen LogP contribution in [0.3, 0.4) is 0 Å². The molecule has 6 rings (SSSR count). The Morgan fingerprint density at radius 2 is 1.68 bits per heavy atom. The monoisotopic (exact) mass is 565 g/mol. The fraction of sp³-hybridized carbons (Fsp3) is 0.176. The molecule has 1 aliphatic heterocycles. The van der Waals surface area contributed by atoms with Crippen LogP contribution in [0.2, 0.25) is 5.02 Å². The number of carbonyl (C=O) groups excluding carboxylic acids is 2. The van der Waals surface area contributed by atoms with Gasteiger partial charge >= 0.3 is 5.97 Å². The maximum absolute atomic E-state index is 13.7. The highest BCUT2D eigenvalue weighted by atomic mass is 35.5. The largest absolute Gasteiger partial charge is 0.490 e. The SMILES string of the molecule is CCOc1cc([C@@H]2C(C(=O)OC)=C(C)NC3=C2C(=O)c2ccccc23)cc(Cl)c1OCc1cccc2ccccc12. The normalized spacial score (nSPS) is 15.9. The van der Waals surface area contributed by atoms with Gasteiger partial charge in [-0.1, -0.05) is 78.3 Å². The second-order valence-corrected chi connectivity index (χ2v) is 10.3. The summed E-state index contributed by atoms with van der Waals surface area (Å²) in [6.45, 7) is 4.33. The molecule has 7 heteroatoms. The standard InChI is InChI=1S/C34H28ClNO5/c1-4-40-27-17-22(16-26(35)33(27)41-18-21-12-9-11-20-10-5-6-13-23(20)21)29-28(34(38)39-3)19(2)36-31-24-14-7-8-15-25(24)32(37)30(29)31/h5-17,29,36H,4,18H2,1-3H3/t29-/m1/s1. The van der Waals surface area contributed by atoms with Crippen molar-refractivity contribution in [1.82, 2.24) is 5.32 Å². The lowest BCUT2D eigenvalue weighted by atomic mass is 9.79. The van der Waals surface area contributed by atoms with Crippen molar-refractivity contribution in [3.63, 3.8) is 0 Å². The number of nitrogens with one attached hydrogen (secondary N) is 1. The Labute approximate surface area is 243 Å². The molecule has 1 atom stereocenters. The van der Waals surface area contributed by atoms with Crippen LogP contribution in [-0.4, -0.2) is 25.5 Å². The minimum absolute atomic E-state index is 0.146. The molecule has 0 saturated carbocycles. The molecule has 1 aliphatic carbocycles. The Morgan fingerprint density at radius 3 is 2.46 bits per heavy atom. The van der Waals surface area contributed by atoms with E-state index in [4.69, 9.17) is 25.8 Å². The van der Waals surface area contributed by atoms with Crippen molar-refractivity contribution in [3.05, 3.63) is 123 Å². The summed E-state index contributed by atoms with van der Waals surface area (Å²) in [6, 6.07) is 25.2. The van der Waals surface area contributed by atoms with Crippen LogP contribution < -0.4 is 14.8 Å². The molecule has 0 bridgehead atoms. The molecule has 0 spiro atoms. The molecule has 6 nitrogen and oxygen atoms in total. The highest BCUT2D eigenvalue weighted by Crippen LogP contribution is 2.49. The van der Waals surface area contributed by atoms with Crippen molar-refractivity contribution in [2.45, 2.75) is 26.4 Å². The van der Waals surface area contributed by atoms with Gasteiger partial charge in [0.2, 0.25) is 0 Å². The first-order valence-corrected chi connectivity index (χ1v) is 13.8. The molecule has 206 valence electrons. The molecule has 1 heterocycles. The van der Waals surface area contributed by atoms with Crippen molar-refractivity contribution >= 4 is 39.8 Å². The Kier molecular flexibility index (Phi) is 7.01. The Balaban J connectivity index is 1.44. The average molecular weight is 566 g/mol. The van der Waals surface area contributed by atoms with E-state index in [1.54, 1.807) is 25.1 Å². The van der Waals surface area contributed by atoms with Crippen molar-refractivity contribution in [2.24, 2.45) is 0 Å². The van der Waals surface area contributed by atoms with E-state index in [-0.39, 0.29) is 12.4 Å².